The van der Waals surface area contributed by atoms with Crippen LogP contribution in [0.1, 0.15) is 87.5 Å². The molecule has 0 saturated carbocycles. The lowest BCUT2D eigenvalue weighted by atomic mass is 9.86. The zero-order valence-electron chi connectivity index (χ0n) is 30.7. The fourth-order valence-electron chi connectivity index (χ4n) is 5.83. The third-order valence-electron chi connectivity index (χ3n) is 8.52. The van der Waals surface area contributed by atoms with E-state index in [2.05, 4.69) is 25.3 Å². The lowest BCUT2D eigenvalue weighted by molar-refractivity contribution is 0.0204. The molecule has 4 aromatic rings. The van der Waals surface area contributed by atoms with Gasteiger partial charge in [-0.3, -0.25) is 9.52 Å². The van der Waals surface area contributed by atoms with Gasteiger partial charge in [-0.05, 0) is 93.5 Å². The van der Waals surface area contributed by atoms with Gasteiger partial charge in [0.25, 0.3) is 5.91 Å². The van der Waals surface area contributed by atoms with Gasteiger partial charge in [0.15, 0.2) is 11.6 Å². The number of hydrogen-bond donors (Lipinski definition) is 3. The number of nitrogens with zero attached hydrogens (tertiary/aromatic N) is 4. The fraction of sp³-hybridized carbons (Fsp3) is 0.432. The van der Waals surface area contributed by atoms with E-state index in [4.69, 9.17) is 14.5 Å². The number of hydrogen-bond acceptors (Lipinski definition) is 10. The third kappa shape index (κ3) is 9.23. The van der Waals surface area contributed by atoms with E-state index in [1.165, 1.54) is 13.4 Å². The maximum Gasteiger partial charge on any atom is 0.410 e. The number of carbonyl (C=O) groups is 2. The first-order valence-electron chi connectivity index (χ1n) is 16.8. The van der Waals surface area contributed by atoms with Crippen LogP contribution in [0.25, 0.3) is 11.0 Å². The first-order chi connectivity index (χ1) is 23.8. The Kier molecular flexibility index (Phi) is 10.5. The number of carbonyl (C=O) groups excluding carboxylic acids is 2. The molecule has 272 valence electrons. The van der Waals surface area contributed by atoms with Crippen LogP contribution in [0.4, 0.5) is 27.7 Å². The Morgan fingerprint density at radius 1 is 0.922 bits per heavy atom. The zero-order chi connectivity index (χ0) is 37.3. The summed E-state index contributed by atoms with van der Waals surface area (Å²) in [4.78, 5) is 42.0. The highest BCUT2D eigenvalue weighted by Gasteiger charge is 2.29. The van der Waals surface area contributed by atoms with Gasteiger partial charge in [-0.25, -0.2) is 28.2 Å². The number of anilines is 4. The van der Waals surface area contributed by atoms with Crippen LogP contribution in [-0.4, -0.2) is 72.3 Å². The number of sulfonamides is 1. The summed E-state index contributed by atoms with van der Waals surface area (Å²) in [6, 6.07) is 12.7. The summed E-state index contributed by atoms with van der Waals surface area (Å²) in [5.41, 5.74) is 4.47. The summed E-state index contributed by atoms with van der Waals surface area (Å²) in [6.45, 7) is 14.6. The third-order valence-corrected chi connectivity index (χ3v) is 9.11. The van der Waals surface area contributed by atoms with Crippen LogP contribution in [-0.2, 0) is 20.2 Å². The van der Waals surface area contributed by atoms with Crippen LogP contribution in [0.2, 0.25) is 0 Å². The van der Waals surface area contributed by atoms with Gasteiger partial charge in [-0.1, -0.05) is 26.8 Å². The van der Waals surface area contributed by atoms with E-state index < -0.39 is 21.5 Å². The molecule has 0 bridgehead atoms. The minimum Gasteiger partial charge on any atom is -0.492 e. The number of benzene rings is 2. The number of methoxy groups -OCH3 is 1. The molecule has 1 aliphatic heterocycles. The van der Waals surface area contributed by atoms with Crippen molar-refractivity contribution in [3.63, 3.8) is 0 Å². The van der Waals surface area contributed by atoms with Crippen molar-refractivity contribution in [2.24, 2.45) is 0 Å². The summed E-state index contributed by atoms with van der Waals surface area (Å²) in [5.74, 6) is 0.414. The monoisotopic (exact) mass is 717 g/mol. The Morgan fingerprint density at radius 3 is 2.24 bits per heavy atom. The SMILES string of the molecule is COc1c(NC(=O)c2ccc(C)c(Nc3ncnc4ccc(C5CCN(C(=O)OC(C)(C)C)CC5)nc34)c2)cc(C(C)(C)C)cc1NS(C)(=O)=O. The molecule has 3 heterocycles. The molecule has 2 aromatic carbocycles. The van der Waals surface area contributed by atoms with E-state index in [1.807, 2.05) is 66.7 Å². The molecule has 0 spiro atoms. The maximum absolute atomic E-state index is 13.7. The molecule has 13 nitrogen and oxygen atoms in total. The molecule has 14 heteroatoms. The van der Waals surface area contributed by atoms with Gasteiger partial charge < -0.3 is 25.0 Å². The number of aryl methyl sites for hydroxylation is 1. The summed E-state index contributed by atoms with van der Waals surface area (Å²) in [7, 11) is -2.21. The van der Waals surface area contributed by atoms with Crippen molar-refractivity contribution < 1.29 is 27.5 Å². The van der Waals surface area contributed by atoms with Gasteiger partial charge in [-0.15, -0.1) is 0 Å². The molecule has 1 fully saturated rings. The fourth-order valence-corrected chi connectivity index (χ4v) is 6.38. The largest absolute Gasteiger partial charge is 0.492 e. The second kappa shape index (κ2) is 14.3. The first kappa shape index (κ1) is 37.3. The molecule has 2 aromatic heterocycles. The van der Waals surface area contributed by atoms with E-state index >= 15 is 0 Å². The number of fused-ring (bicyclic) bond motifs is 1. The summed E-state index contributed by atoms with van der Waals surface area (Å²) < 4.78 is 38.0. The van der Waals surface area contributed by atoms with Gasteiger partial charge in [0.2, 0.25) is 10.0 Å². The highest BCUT2D eigenvalue weighted by atomic mass is 32.2. The number of piperidine rings is 1. The normalized spacial score (nSPS) is 14.3. The van der Waals surface area contributed by atoms with Crippen LogP contribution in [0.5, 0.6) is 5.75 Å². The van der Waals surface area contributed by atoms with Crippen molar-refractivity contribution in [2.45, 2.75) is 78.2 Å². The Bertz CT molecular complexity index is 2060. The second-order valence-corrected chi connectivity index (χ2v) is 16.7. The average molecular weight is 718 g/mol. The molecule has 51 heavy (non-hydrogen) atoms. The Hall–Kier alpha value is -4.98. The van der Waals surface area contributed by atoms with E-state index in [1.54, 1.807) is 29.2 Å². The lowest BCUT2D eigenvalue weighted by Gasteiger charge is -2.33. The van der Waals surface area contributed by atoms with Crippen molar-refractivity contribution in [2.75, 3.05) is 41.8 Å². The lowest BCUT2D eigenvalue weighted by Crippen LogP contribution is -2.41. The van der Waals surface area contributed by atoms with Crippen LogP contribution in [0, 0.1) is 6.92 Å². The number of pyridine rings is 1. The van der Waals surface area contributed by atoms with E-state index in [-0.39, 0.29) is 28.9 Å². The predicted molar refractivity (Wildman–Crippen MR) is 200 cm³/mol. The van der Waals surface area contributed by atoms with Crippen molar-refractivity contribution in [1.29, 1.82) is 0 Å². The highest BCUT2D eigenvalue weighted by molar-refractivity contribution is 7.92. The summed E-state index contributed by atoms with van der Waals surface area (Å²) in [6.07, 6.45) is 3.72. The topological polar surface area (TPSA) is 165 Å². The molecule has 3 N–H and O–H groups in total. The maximum atomic E-state index is 13.7. The molecule has 0 radical (unpaired) electrons. The average Bonchev–Trinajstić information content (AvgIpc) is 3.03. The van der Waals surface area contributed by atoms with Crippen molar-refractivity contribution >= 4 is 55.9 Å². The van der Waals surface area contributed by atoms with Crippen molar-refractivity contribution in [1.82, 2.24) is 19.9 Å². The van der Waals surface area contributed by atoms with Gasteiger partial charge in [0.1, 0.15) is 17.4 Å². The summed E-state index contributed by atoms with van der Waals surface area (Å²) >= 11 is 0. The molecule has 1 aliphatic rings. The molecule has 1 saturated heterocycles. The van der Waals surface area contributed by atoms with E-state index in [9.17, 15) is 18.0 Å². The van der Waals surface area contributed by atoms with Gasteiger partial charge in [-0.2, -0.15) is 0 Å². The zero-order valence-corrected chi connectivity index (χ0v) is 31.5. The molecular formula is C37H47N7O6S. The minimum atomic E-state index is -3.63. The quantitative estimate of drug-likeness (QED) is 0.171. The molecule has 5 rings (SSSR count). The summed E-state index contributed by atoms with van der Waals surface area (Å²) in [5, 5.41) is 6.29. The molecular weight excluding hydrogens is 671 g/mol. The smallest absolute Gasteiger partial charge is 0.410 e. The highest BCUT2D eigenvalue weighted by Crippen LogP contribution is 2.39. The molecule has 0 aliphatic carbocycles. The Labute approximate surface area is 299 Å². The van der Waals surface area contributed by atoms with Crippen LogP contribution < -0.4 is 20.1 Å². The Balaban J connectivity index is 1.39. The van der Waals surface area contributed by atoms with Crippen molar-refractivity contribution in [3.8, 4) is 5.75 Å². The minimum absolute atomic E-state index is 0.150. The van der Waals surface area contributed by atoms with E-state index in [0.29, 0.717) is 46.9 Å². The van der Waals surface area contributed by atoms with Crippen LogP contribution >= 0.6 is 0 Å². The standard InChI is InChI=1S/C37H47N7O6S/c1-22-10-11-24(34(45)42-29-19-25(36(2,3)4)20-30(32(29)49-8)43-51(9,47)48)18-28(22)41-33-31-27(38-21-39-33)13-12-26(40-31)23-14-16-44(17-15-23)35(46)50-37(5,6)7/h10-13,18-21,23,43H,14-17H2,1-9H3,(H,42,45)(H,38,39,41). The molecule has 2 amide bonds. The second-order valence-electron chi connectivity index (χ2n) is 14.9. The van der Waals surface area contributed by atoms with Gasteiger partial charge in [0, 0.05) is 36.0 Å². The number of rotatable bonds is 8. The van der Waals surface area contributed by atoms with Crippen LogP contribution in [0.3, 0.4) is 0 Å². The number of aromatic nitrogens is 3. The first-order valence-corrected chi connectivity index (χ1v) is 18.7. The predicted octanol–water partition coefficient (Wildman–Crippen LogP) is 7.12. The van der Waals surface area contributed by atoms with Gasteiger partial charge >= 0.3 is 6.09 Å². The van der Waals surface area contributed by atoms with Crippen molar-refractivity contribution in [3.05, 3.63) is 71.2 Å². The Morgan fingerprint density at radius 2 is 1.61 bits per heavy atom. The number of nitrogens with one attached hydrogen (secondary N) is 3. The van der Waals surface area contributed by atoms with Gasteiger partial charge in [0.05, 0.1) is 30.3 Å². The van der Waals surface area contributed by atoms with Crippen LogP contribution in [0.15, 0.2) is 48.8 Å². The number of likely N-dealkylation sites (tertiary alicyclic amines) is 1. The number of ether oxygens (including phenoxy) is 2. The molecule has 0 atom stereocenters. The van der Waals surface area contributed by atoms with E-state index in [0.717, 1.165) is 35.9 Å². The molecule has 0 unspecified atom stereocenters. The number of amides is 2.